The first-order valence-electron chi connectivity index (χ1n) is 4.69. The Morgan fingerprint density at radius 2 is 1.73 bits per heavy atom. The number of aromatic nitrogens is 3. The monoisotopic (exact) mass is 200 g/mol. The van der Waals surface area contributed by atoms with Crippen LogP contribution in [-0.2, 0) is 0 Å². The fraction of sp³-hybridized carbons (Fsp3) is 0.182. The SMILES string of the molecule is Cc1cc(C)cc(-c2cnnc(N)n2)c1. The number of nitrogen functional groups attached to an aromatic ring is 1. The number of benzene rings is 1. The standard InChI is InChI=1S/C11H12N4/c1-7-3-8(2)5-9(4-7)10-6-13-15-11(12)14-10/h3-6H,1-2H3,(H2,12,14,15). The smallest absolute Gasteiger partial charge is 0.240 e. The van der Waals surface area contributed by atoms with Crippen LogP contribution in [-0.4, -0.2) is 15.2 Å². The summed E-state index contributed by atoms with van der Waals surface area (Å²) in [6, 6.07) is 6.22. The summed E-state index contributed by atoms with van der Waals surface area (Å²) in [5, 5.41) is 7.41. The highest BCUT2D eigenvalue weighted by Gasteiger charge is 2.02. The molecule has 0 saturated heterocycles. The van der Waals surface area contributed by atoms with Crippen LogP contribution in [0.3, 0.4) is 0 Å². The van der Waals surface area contributed by atoms with E-state index < -0.39 is 0 Å². The second kappa shape index (κ2) is 3.65. The molecule has 0 fully saturated rings. The number of nitrogens with zero attached hydrogens (tertiary/aromatic N) is 3. The van der Waals surface area contributed by atoms with E-state index in [4.69, 9.17) is 5.73 Å². The molecule has 0 amide bonds. The summed E-state index contributed by atoms with van der Waals surface area (Å²) in [6.07, 6.45) is 1.62. The molecule has 0 aliphatic heterocycles. The number of rotatable bonds is 1. The molecule has 0 aliphatic rings. The molecule has 2 aromatic rings. The Labute approximate surface area is 88.2 Å². The number of anilines is 1. The average molecular weight is 200 g/mol. The van der Waals surface area contributed by atoms with Gasteiger partial charge in [-0.2, -0.15) is 5.10 Å². The fourth-order valence-electron chi connectivity index (χ4n) is 1.58. The van der Waals surface area contributed by atoms with Crippen LogP contribution in [0.25, 0.3) is 11.3 Å². The van der Waals surface area contributed by atoms with Crippen molar-refractivity contribution in [1.29, 1.82) is 0 Å². The van der Waals surface area contributed by atoms with Gasteiger partial charge in [-0.25, -0.2) is 4.98 Å². The van der Waals surface area contributed by atoms with E-state index in [2.05, 4.69) is 47.2 Å². The van der Waals surface area contributed by atoms with Crippen molar-refractivity contribution in [3.05, 3.63) is 35.5 Å². The van der Waals surface area contributed by atoms with E-state index in [1.807, 2.05) is 0 Å². The molecule has 4 nitrogen and oxygen atoms in total. The second-order valence-corrected chi connectivity index (χ2v) is 3.58. The third-order valence-corrected chi connectivity index (χ3v) is 2.09. The molecule has 1 aromatic carbocycles. The lowest BCUT2D eigenvalue weighted by Crippen LogP contribution is -1.98. The molecule has 0 bridgehead atoms. The maximum absolute atomic E-state index is 5.49. The van der Waals surface area contributed by atoms with E-state index in [1.54, 1.807) is 6.20 Å². The van der Waals surface area contributed by atoms with Crippen LogP contribution >= 0.6 is 0 Å². The van der Waals surface area contributed by atoms with Crippen LogP contribution in [0, 0.1) is 13.8 Å². The van der Waals surface area contributed by atoms with Crippen LogP contribution in [0.15, 0.2) is 24.4 Å². The van der Waals surface area contributed by atoms with E-state index in [9.17, 15) is 0 Å². The van der Waals surface area contributed by atoms with Gasteiger partial charge in [0.2, 0.25) is 5.95 Å². The number of hydrogen-bond donors (Lipinski definition) is 1. The summed E-state index contributed by atoms with van der Waals surface area (Å²) in [7, 11) is 0. The zero-order valence-electron chi connectivity index (χ0n) is 8.73. The number of hydrogen-bond acceptors (Lipinski definition) is 4. The molecule has 4 heteroatoms. The Balaban J connectivity index is 2.54. The molecule has 0 unspecified atom stereocenters. The van der Waals surface area contributed by atoms with Crippen LogP contribution in [0.5, 0.6) is 0 Å². The van der Waals surface area contributed by atoms with Gasteiger partial charge in [0.25, 0.3) is 0 Å². The molecule has 0 spiro atoms. The van der Waals surface area contributed by atoms with Crippen molar-refractivity contribution >= 4 is 5.95 Å². The molecule has 1 heterocycles. The highest BCUT2D eigenvalue weighted by Crippen LogP contribution is 2.19. The molecule has 0 atom stereocenters. The molecule has 1 aromatic heterocycles. The van der Waals surface area contributed by atoms with Crippen LogP contribution in [0.4, 0.5) is 5.95 Å². The van der Waals surface area contributed by atoms with E-state index in [1.165, 1.54) is 11.1 Å². The molecule has 0 radical (unpaired) electrons. The first-order valence-corrected chi connectivity index (χ1v) is 4.69. The van der Waals surface area contributed by atoms with Crippen molar-refractivity contribution in [3.8, 4) is 11.3 Å². The van der Waals surface area contributed by atoms with Crippen molar-refractivity contribution < 1.29 is 0 Å². The molecule has 2 N–H and O–H groups in total. The van der Waals surface area contributed by atoms with Crippen molar-refractivity contribution in [2.24, 2.45) is 0 Å². The Morgan fingerprint density at radius 3 is 2.33 bits per heavy atom. The summed E-state index contributed by atoms with van der Waals surface area (Å²) in [6.45, 7) is 4.10. The van der Waals surface area contributed by atoms with Gasteiger partial charge in [0.15, 0.2) is 0 Å². The lowest BCUT2D eigenvalue weighted by molar-refractivity contribution is 0.990. The van der Waals surface area contributed by atoms with Crippen LogP contribution in [0.2, 0.25) is 0 Å². The first kappa shape index (κ1) is 9.58. The van der Waals surface area contributed by atoms with Crippen LogP contribution in [0.1, 0.15) is 11.1 Å². The molecule has 0 saturated carbocycles. The van der Waals surface area contributed by atoms with Gasteiger partial charge in [0.1, 0.15) is 0 Å². The lowest BCUT2D eigenvalue weighted by atomic mass is 10.1. The minimum atomic E-state index is 0.201. The largest absolute Gasteiger partial charge is 0.366 e. The zero-order valence-corrected chi connectivity index (χ0v) is 8.73. The first-order chi connectivity index (χ1) is 7.15. The van der Waals surface area contributed by atoms with Gasteiger partial charge >= 0.3 is 0 Å². The van der Waals surface area contributed by atoms with Crippen molar-refractivity contribution in [1.82, 2.24) is 15.2 Å². The Kier molecular flexibility index (Phi) is 2.33. The maximum atomic E-state index is 5.49. The quantitative estimate of drug-likeness (QED) is 0.761. The topological polar surface area (TPSA) is 64.7 Å². The van der Waals surface area contributed by atoms with Gasteiger partial charge in [0.05, 0.1) is 11.9 Å². The van der Waals surface area contributed by atoms with E-state index in [0.29, 0.717) is 0 Å². The van der Waals surface area contributed by atoms with Gasteiger partial charge < -0.3 is 5.73 Å². The average Bonchev–Trinajstić information content (AvgIpc) is 2.16. The van der Waals surface area contributed by atoms with Crippen molar-refractivity contribution in [2.45, 2.75) is 13.8 Å². The van der Waals surface area contributed by atoms with Crippen molar-refractivity contribution in [3.63, 3.8) is 0 Å². The minimum Gasteiger partial charge on any atom is -0.366 e. The molecule has 0 aliphatic carbocycles. The van der Waals surface area contributed by atoms with Gasteiger partial charge in [-0.05, 0) is 26.0 Å². The summed E-state index contributed by atoms with van der Waals surface area (Å²) in [5.74, 6) is 0.201. The number of nitrogens with two attached hydrogens (primary N) is 1. The van der Waals surface area contributed by atoms with Gasteiger partial charge in [-0.15, -0.1) is 5.10 Å². The molecular weight excluding hydrogens is 188 g/mol. The molecule has 2 rings (SSSR count). The Hall–Kier alpha value is -1.97. The summed E-state index contributed by atoms with van der Waals surface area (Å²) in [5.41, 5.74) is 9.66. The maximum Gasteiger partial charge on any atom is 0.240 e. The second-order valence-electron chi connectivity index (χ2n) is 3.58. The normalized spacial score (nSPS) is 10.3. The third kappa shape index (κ3) is 2.10. The van der Waals surface area contributed by atoms with E-state index >= 15 is 0 Å². The highest BCUT2D eigenvalue weighted by atomic mass is 15.2. The van der Waals surface area contributed by atoms with E-state index in [0.717, 1.165) is 11.3 Å². The summed E-state index contributed by atoms with van der Waals surface area (Å²) >= 11 is 0. The summed E-state index contributed by atoms with van der Waals surface area (Å²) < 4.78 is 0. The van der Waals surface area contributed by atoms with Gasteiger partial charge in [-0.3, -0.25) is 0 Å². The summed E-state index contributed by atoms with van der Waals surface area (Å²) in [4.78, 5) is 4.13. The Morgan fingerprint density at radius 1 is 1.07 bits per heavy atom. The fourth-order valence-corrected chi connectivity index (χ4v) is 1.58. The van der Waals surface area contributed by atoms with Gasteiger partial charge in [0, 0.05) is 5.56 Å². The minimum absolute atomic E-state index is 0.201. The Bertz CT molecular complexity index is 473. The number of aryl methyl sites for hydroxylation is 2. The lowest BCUT2D eigenvalue weighted by Gasteiger charge is -2.03. The van der Waals surface area contributed by atoms with E-state index in [-0.39, 0.29) is 5.95 Å². The molecular formula is C11H12N4. The predicted octanol–water partition coefficient (Wildman–Crippen LogP) is 1.74. The van der Waals surface area contributed by atoms with Crippen LogP contribution < -0.4 is 5.73 Å². The highest BCUT2D eigenvalue weighted by molar-refractivity contribution is 5.60. The van der Waals surface area contributed by atoms with Crippen molar-refractivity contribution in [2.75, 3.05) is 5.73 Å². The predicted molar refractivity (Wildman–Crippen MR) is 59.1 cm³/mol. The molecule has 76 valence electrons. The molecule has 15 heavy (non-hydrogen) atoms. The third-order valence-electron chi connectivity index (χ3n) is 2.09. The zero-order chi connectivity index (χ0) is 10.8. The van der Waals surface area contributed by atoms with Gasteiger partial charge in [-0.1, -0.05) is 17.2 Å².